The quantitative estimate of drug-likeness (QED) is 0.147. The first-order valence-corrected chi connectivity index (χ1v) is 18.3. The summed E-state index contributed by atoms with van der Waals surface area (Å²) in [6.07, 6.45) is -0.843. The molecule has 2 unspecified atom stereocenters. The van der Waals surface area contributed by atoms with Crippen LogP contribution in [0.2, 0.25) is 10.0 Å². The SMILES string of the molecule is COc1ccc(CN(Cc2ccc(OC)cc2)c2cc(Cl)cc(-c3c(Cl)cc4c(N5CC6CCC(C(C)(C)C)(C5)N6C(=O)O)nc(F)nc4c3F)n2)cc1. The second-order valence-electron chi connectivity index (χ2n) is 14.8. The molecule has 4 heterocycles. The number of hydrogen-bond donors (Lipinski definition) is 1. The van der Waals surface area contributed by atoms with E-state index in [2.05, 4.69) is 9.97 Å². The van der Waals surface area contributed by atoms with E-state index in [0.29, 0.717) is 31.7 Å². The first-order chi connectivity index (χ1) is 25.7. The van der Waals surface area contributed by atoms with Crippen LogP contribution in [0, 0.1) is 17.3 Å². The fourth-order valence-electron chi connectivity index (χ4n) is 7.96. The van der Waals surface area contributed by atoms with Gasteiger partial charge in [-0.2, -0.15) is 14.4 Å². The smallest absolute Gasteiger partial charge is 0.408 e. The molecular weight excluding hydrogens is 737 g/mol. The lowest BCUT2D eigenvalue weighted by atomic mass is 9.71. The normalized spacial score (nSPS) is 18.3. The maximum absolute atomic E-state index is 16.9. The van der Waals surface area contributed by atoms with Gasteiger partial charge in [-0.1, -0.05) is 68.2 Å². The third kappa shape index (κ3) is 6.81. The van der Waals surface area contributed by atoms with Crippen molar-refractivity contribution in [1.82, 2.24) is 19.9 Å². The summed E-state index contributed by atoms with van der Waals surface area (Å²) in [4.78, 5) is 30.8. The number of pyridine rings is 1. The zero-order valence-corrected chi connectivity index (χ0v) is 32.0. The highest BCUT2D eigenvalue weighted by Crippen LogP contribution is 2.51. The molecule has 5 aromatic rings. The summed E-state index contributed by atoms with van der Waals surface area (Å²) >= 11 is 13.6. The predicted octanol–water partition coefficient (Wildman–Crippen LogP) is 9.25. The predicted molar refractivity (Wildman–Crippen MR) is 206 cm³/mol. The van der Waals surface area contributed by atoms with Gasteiger partial charge in [-0.15, -0.1) is 0 Å². The lowest BCUT2D eigenvalue weighted by Crippen LogP contribution is -2.68. The molecular formula is C40H40Cl2F2N6O4. The van der Waals surface area contributed by atoms with E-state index in [4.69, 9.17) is 37.7 Å². The van der Waals surface area contributed by atoms with Crippen molar-refractivity contribution in [2.24, 2.45) is 5.41 Å². The highest BCUT2D eigenvalue weighted by atomic mass is 35.5. The molecule has 7 rings (SSSR count). The molecule has 0 spiro atoms. The van der Waals surface area contributed by atoms with Crippen LogP contribution in [-0.4, -0.2) is 69.9 Å². The molecule has 1 amide bonds. The van der Waals surface area contributed by atoms with Crippen LogP contribution in [0.1, 0.15) is 44.7 Å². The summed E-state index contributed by atoms with van der Waals surface area (Å²) in [6, 6.07) is 19.7. The Balaban J connectivity index is 1.30. The molecule has 0 saturated carbocycles. The molecule has 10 nitrogen and oxygen atoms in total. The van der Waals surface area contributed by atoms with Gasteiger partial charge in [-0.3, -0.25) is 4.90 Å². The highest BCUT2D eigenvalue weighted by molar-refractivity contribution is 6.35. The number of methoxy groups -OCH3 is 2. The van der Waals surface area contributed by atoms with Crippen LogP contribution in [0.3, 0.4) is 0 Å². The van der Waals surface area contributed by atoms with Crippen LogP contribution in [0.5, 0.6) is 11.5 Å². The van der Waals surface area contributed by atoms with Gasteiger partial charge < -0.3 is 24.4 Å². The zero-order valence-electron chi connectivity index (χ0n) is 30.5. The summed E-state index contributed by atoms with van der Waals surface area (Å²) in [7, 11) is 3.21. The molecule has 0 aliphatic carbocycles. The summed E-state index contributed by atoms with van der Waals surface area (Å²) in [5, 5.41) is 10.7. The molecule has 2 fully saturated rings. The van der Waals surface area contributed by atoms with Crippen molar-refractivity contribution in [3.63, 3.8) is 0 Å². The fourth-order valence-corrected chi connectivity index (χ4v) is 8.45. The van der Waals surface area contributed by atoms with Gasteiger partial charge >= 0.3 is 12.2 Å². The van der Waals surface area contributed by atoms with Gasteiger partial charge in [0.1, 0.15) is 28.7 Å². The second kappa shape index (κ2) is 14.4. The molecule has 14 heteroatoms. The van der Waals surface area contributed by atoms with Crippen molar-refractivity contribution in [3.8, 4) is 22.8 Å². The third-order valence-corrected chi connectivity index (χ3v) is 11.3. The topological polar surface area (TPSA) is 104 Å². The minimum Gasteiger partial charge on any atom is -0.497 e. The molecule has 2 atom stereocenters. The number of fused-ring (bicyclic) bond motifs is 3. The van der Waals surface area contributed by atoms with Crippen molar-refractivity contribution in [1.29, 1.82) is 0 Å². The molecule has 2 aliphatic heterocycles. The summed E-state index contributed by atoms with van der Waals surface area (Å²) < 4.78 is 42.9. The minimum absolute atomic E-state index is 0.00621. The van der Waals surface area contributed by atoms with Crippen molar-refractivity contribution < 1.29 is 28.2 Å². The standard InChI is InChI=1S/C40H40Cl2F2N6O4/c1-39(2,3)40-15-14-26(50(40)38(51)52)21-49(22-40)36-29-18-30(42)33(34(43)35(29)46-37(44)47-36)31-16-25(41)17-32(45-31)48(19-23-6-10-27(53-4)11-7-23)20-24-8-12-28(54-5)13-9-24/h6-13,16-18,26H,14-15,19-22H2,1-5H3,(H,51,52). The van der Waals surface area contributed by atoms with E-state index < -0.39 is 28.9 Å². The Kier molecular flexibility index (Phi) is 9.95. The van der Waals surface area contributed by atoms with E-state index in [0.717, 1.165) is 22.6 Å². The van der Waals surface area contributed by atoms with Gasteiger partial charge in [0, 0.05) is 36.6 Å². The number of carboxylic acid groups (broad SMARTS) is 1. The number of ether oxygens (including phenoxy) is 2. The largest absolute Gasteiger partial charge is 0.497 e. The van der Waals surface area contributed by atoms with E-state index in [1.54, 1.807) is 25.2 Å². The van der Waals surface area contributed by atoms with Crippen LogP contribution < -0.4 is 19.3 Å². The first kappa shape index (κ1) is 37.4. The van der Waals surface area contributed by atoms with Gasteiger partial charge in [-0.05, 0) is 71.8 Å². The Bertz CT molecular complexity index is 2170. The van der Waals surface area contributed by atoms with Gasteiger partial charge in [-0.25, -0.2) is 14.2 Å². The lowest BCUT2D eigenvalue weighted by Gasteiger charge is -2.54. The molecule has 282 valence electrons. The molecule has 0 radical (unpaired) electrons. The molecule has 2 aliphatic rings. The second-order valence-corrected chi connectivity index (χ2v) is 15.7. The van der Waals surface area contributed by atoms with Crippen LogP contribution in [0.15, 0.2) is 66.7 Å². The molecule has 2 saturated heterocycles. The van der Waals surface area contributed by atoms with E-state index >= 15 is 8.78 Å². The molecule has 1 N–H and O–H groups in total. The van der Waals surface area contributed by atoms with Crippen LogP contribution in [0.25, 0.3) is 22.2 Å². The third-order valence-electron chi connectivity index (χ3n) is 10.8. The van der Waals surface area contributed by atoms with Gasteiger partial charge in [0.25, 0.3) is 0 Å². The Morgan fingerprint density at radius 2 is 1.56 bits per heavy atom. The Morgan fingerprint density at radius 1 is 0.944 bits per heavy atom. The van der Waals surface area contributed by atoms with Crippen molar-refractivity contribution >= 4 is 51.8 Å². The minimum atomic E-state index is -1.12. The highest BCUT2D eigenvalue weighted by Gasteiger charge is 2.59. The van der Waals surface area contributed by atoms with Crippen LogP contribution in [-0.2, 0) is 13.1 Å². The van der Waals surface area contributed by atoms with Crippen LogP contribution >= 0.6 is 23.2 Å². The molecule has 2 aromatic heterocycles. The van der Waals surface area contributed by atoms with Crippen LogP contribution in [0.4, 0.5) is 25.2 Å². The van der Waals surface area contributed by atoms with Gasteiger partial charge in [0.05, 0.1) is 42.1 Å². The molecule has 2 bridgehead atoms. The Labute approximate surface area is 322 Å². The molecule has 3 aromatic carbocycles. The first-order valence-electron chi connectivity index (χ1n) is 17.5. The van der Waals surface area contributed by atoms with Crippen molar-refractivity contribution in [3.05, 3.63) is 99.8 Å². The average Bonchev–Trinajstić information content (AvgIpc) is 3.39. The number of carbonyl (C=O) groups is 1. The number of aromatic nitrogens is 3. The van der Waals surface area contributed by atoms with E-state index in [-0.39, 0.29) is 57.2 Å². The number of halogens is 4. The Hall–Kier alpha value is -4.94. The summed E-state index contributed by atoms with van der Waals surface area (Å²) in [5.74, 6) is 1.16. The van der Waals surface area contributed by atoms with Crippen molar-refractivity contribution in [2.75, 3.05) is 37.1 Å². The van der Waals surface area contributed by atoms with E-state index in [1.165, 1.54) is 12.1 Å². The number of rotatable bonds is 9. The number of anilines is 2. The van der Waals surface area contributed by atoms with Gasteiger partial charge in [0.15, 0.2) is 5.82 Å². The number of nitrogens with zero attached hydrogens (tertiary/aromatic N) is 6. The number of amides is 1. The molecule has 54 heavy (non-hydrogen) atoms. The average molecular weight is 778 g/mol. The Morgan fingerprint density at radius 3 is 2.11 bits per heavy atom. The number of piperazine rings is 1. The maximum Gasteiger partial charge on any atom is 0.408 e. The van der Waals surface area contributed by atoms with E-state index in [1.807, 2.05) is 79.1 Å². The maximum atomic E-state index is 16.9. The summed E-state index contributed by atoms with van der Waals surface area (Å²) in [5.41, 5.74) is 0.473. The monoisotopic (exact) mass is 776 g/mol. The van der Waals surface area contributed by atoms with Gasteiger partial charge in [0.2, 0.25) is 0 Å². The van der Waals surface area contributed by atoms with Crippen molar-refractivity contribution in [2.45, 2.75) is 58.3 Å². The zero-order chi connectivity index (χ0) is 38.5. The van der Waals surface area contributed by atoms with E-state index in [9.17, 15) is 9.90 Å². The number of hydrogen-bond acceptors (Lipinski definition) is 8. The summed E-state index contributed by atoms with van der Waals surface area (Å²) in [6.45, 7) is 7.33. The number of benzene rings is 3. The lowest BCUT2D eigenvalue weighted by molar-refractivity contribution is 0.00528. The fraction of sp³-hybridized carbons (Fsp3) is 0.350.